The molecular weight excluding hydrogens is 346 g/mol. The van der Waals surface area contributed by atoms with E-state index in [0.29, 0.717) is 17.7 Å². The molecule has 6 N–H and O–H groups in total. The lowest BCUT2D eigenvalue weighted by Crippen LogP contribution is -2.61. The first-order valence-electron chi connectivity index (χ1n) is 8.22. The molecule has 2 rings (SSSR count). The van der Waals surface area contributed by atoms with Crippen LogP contribution in [-0.2, 0) is 4.79 Å². The van der Waals surface area contributed by atoms with Gasteiger partial charge in [-0.05, 0) is 50.0 Å². The molecule has 2 amide bonds. The average Bonchev–Trinajstić information content (AvgIpc) is 3.15. The van der Waals surface area contributed by atoms with Crippen molar-refractivity contribution in [2.24, 2.45) is 16.8 Å². The molecule has 0 radical (unpaired) electrons. The fourth-order valence-corrected chi connectivity index (χ4v) is 2.24. The molecule has 0 aliphatic carbocycles. The number of nitrogens with two attached hydrogens (primary N) is 1. The maximum absolute atomic E-state index is 12.3. The second kappa shape index (κ2) is 8.86. The average molecular weight is 367 g/mol. The van der Waals surface area contributed by atoms with E-state index in [9.17, 15) is 9.59 Å². The molecule has 0 spiro atoms. The molecule has 8 nitrogen and oxygen atoms in total. The van der Waals surface area contributed by atoms with Gasteiger partial charge in [0.2, 0.25) is 0 Å². The molecule has 0 bridgehead atoms. The highest BCUT2D eigenvalue weighted by molar-refractivity contribution is 5.97. The first-order valence-corrected chi connectivity index (χ1v) is 8.22. The Morgan fingerprint density at radius 1 is 1.33 bits per heavy atom. The number of rotatable bonds is 4. The Kier molecular flexibility index (Phi) is 6.56. The van der Waals surface area contributed by atoms with Crippen LogP contribution in [0.3, 0.4) is 0 Å². The summed E-state index contributed by atoms with van der Waals surface area (Å²) in [4.78, 5) is 24.1. The van der Waals surface area contributed by atoms with Gasteiger partial charge >= 0.3 is 0 Å². The summed E-state index contributed by atoms with van der Waals surface area (Å²) in [6.07, 6.45) is 1.73. The summed E-state index contributed by atoms with van der Waals surface area (Å²) in [6, 6.07) is 5.42. The Morgan fingerprint density at radius 2 is 2.04 bits per heavy atom. The Hall–Kier alpha value is -3.33. The number of hydroxylamine groups is 1. The molecule has 0 saturated carbocycles. The lowest BCUT2D eigenvalue weighted by Gasteiger charge is -2.29. The van der Waals surface area contributed by atoms with Gasteiger partial charge in [-0.25, -0.2) is 5.48 Å². The molecule has 1 aliphatic rings. The lowest BCUT2D eigenvalue weighted by atomic mass is 9.95. The third kappa shape index (κ3) is 5.86. The topological polar surface area (TPSA) is 129 Å². The summed E-state index contributed by atoms with van der Waals surface area (Å²) in [7, 11) is 0. The number of benzene rings is 1. The second-order valence-electron chi connectivity index (χ2n) is 6.55. The van der Waals surface area contributed by atoms with Crippen LogP contribution < -0.4 is 22.0 Å². The number of hydrazone groups is 1. The van der Waals surface area contributed by atoms with E-state index < -0.39 is 23.4 Å². The van der Waals surface area contributed by atoms with Gasteiger partial charge in [0.15, 0.2) is 0 Å². The van der Waals surface area contributed by atoms with Crippen LogP contribution in [0.1, 0.15) is 29.8 Å². The van der Waals surface area contributed by atoms with E-state index in [1.54, 1.807) is 44.3 Å². The standard InChI is InChI=1S/C19H21N5O3/c1-19(2,20)16(18(26)24-27)23-17(25)15-9-7-13(8-10-15)5-3-4-6-14-11-21-22-12-14/h7-11,14,16,22,27H,12,20H2,1-2H3,(H,23,25)(H,24,26)/t14?,16-/m1/s1. The minimum absolute atomic E-state index is 0.0706. The zero-order chi connectivity index (χ0) is 19.9. The van der Waals surface area contributed by atoms with Crippen LogP contribution in [0.25, 0.3) is 0 Å². The molecule has 1 aliphatic heterocycles. The van der Waals surface area contributed by atoms with Crippen LogP contribution in [0, 0.1) is 29.6 Å². The number of nitrogens with one attached hydrogen (secondary N) is 3. The number of carbonyl (C=O) groups excluding carboxylic acids is 2. The monoisotopic (exact) mass is 367 g/mol. The fourth-order valence-electron chi connectivity index (χ4n) is 2.24. The van der Waals surface area contributed by atoms with Crippen molar-refractivity contribution in [2.45, 2.75) is 25.4 Å². The van der Waals surface area contributed by atoms with Gasteiger partial charge in [-0.15, -0.1) is 0 Å². The van der Waals surface area contributed by atoms with Crippen LogP contribution in [0.2, 0.25) is 0 Å². The van der Waals surface area contributed by atoms with E-state index in [2.05, 4.69) is 39.5 Å². The third-order valence-corrected chi connectivity index (χ3v) is 3.72. The molecule has 0 saturated heterocycles. The van der Waals surface area contributed by atoms with E-state index in [-0.39, 0.29) is 5.92 Å². The molecule has 140 valence electrons. The summed E-state index contributed by atoms with van der Waals surface area (Å²) in [6.45, 7) is 3.83. The molecule has 1 heterocycles. The first-order chi connectivity index (χ1) is 12.8. The van der Waals surface area contributed by atoms with Crippen molar-refractivity contribution < 1.29 is 14.8 Å². The van der Waals surface area contributed by atoms with Gasteiger partial charge in [0, 0.05) is 22.9 Å². The quantitative estimate of drug-likeness (QED) is 0.281. The molecule has 2 atom stereocenters. The van der Waals surface area contributed by atoms with E-state index in [0.717, 1.165) is 0 Å². The van der Waals surface area contributed by atoms with Crippen LogP contribution >= 0.6 is 0 Å². The van der Waals surface area contributed by atoms with Crippen LogP contribution in [0.4, 0.5) is 0 Å². The highest BCUT2D eigenvalue weighted by Crippen LogP contribution is 2.09. The third-order valence-electron chi connectivity index (χ3n) is 3.72. The molecule has 27 heavy (non-hydrogen) atoms. The van der Waals surface area contributed by atoms with Gasteiger partial charge in [0.05, 0.1) is 12.5 Å². The van der Waals surface area contributed by atoms with E-state index in [1.165, 1.54) is 5.48 Å². The van der Waals surface area contributed by atoms with E-state index >= 15 is 0 Å². The predicted octanol–water partition coefficient (Wildman–Crippen LogP) is -0.412. The Morgan fingerprint density at radius 3 is 2.59 bits per heavy atom. The van der Waals surface area contributed by atoms with Crippen LogP contribution in [0.5, 0.6) is 0 Å². The van der Waals surface area contributed by atoms with Crippen LogP contribution in [0.15, 0.2) is 29.4 Å². The van der Waals surface area contributed by atoms with Crippen molar-refractivity contribution in [3.8, 4) is 23.7 Å². The molecule has 8 heteroatoms. The molecule has 1 unspecified atom stereocenters. The zero-order valence-corrected chi connectivity index (χ0v) is 15.0. The van der Waals surface area contributed by atoms with Crippen molar-refractivity contribution >= 4 is 18.0 Å². The molecular formula is C19H21N5O3. The number of hydrogen-bond acceptors (Lipinski definition) is 6. The largest absolute Gasteiger partial charge is 0.338 e. The van der Waals surface area contributed by atoms with E-state index in [4.69, 9.17) is 10.9 Å². The summed E-state index contributed by atoms with van der Waals surface area (Å²) >= 11 is 0. The maximum Gasteiger partial charge on any atom is 0.267 e. The summed E-state index contributed by atoms with van der Waals surface area (Å²) < 4.78 is 0. The van der Waals surface area contributed by atoms with Crippen molar-refractivity contribution in [3.63, 3.8) is 0 Å². The molecule has 1 aromatic carbocycles. The van der Waals surface area contributed by atoms with Gasteiger partial charge in [0.25, 0.3) is 11.8 Å². The number of amides is 2. The Balaban J connectivity index is 2.02. The summed E-state index contributed by atoms with van der Waals surface area (Å²) in [5, 5.41) is 15.2. The summed E-state index contributed by atoms with van der Waals surface area (Å²) in [5.41, 5.74) is 10.2. The number of nitrogens with zero attached hydrogens (tertiary/aromatic N) is 1. The van der Waals surface area contributed by atoms with Crippen molar-refractivity contribution in [1.29, 1.82) is 0 Å². The minimum atomic E-state index is -1.10. The van der Waals surface area contributed by atoms with Gasteiger partial charge in [-0.2, -0.15) is 5.10 Å². The van der Waals surface area contributed by atoms with Crippen molar-refractivity contribution in [3.05, 3.63) is 35.4 Å². The Bertz CT molecular complexity index is 848. The smallest absolute Gasteiger partial charge is 0.267 e. The lowest BCUT2D eigenvalue weighted by molar-refractivity contribution is -0.132. The highest BCUT2D eigenvalue weighted by Gasteiger charge is 2.33. The zero-order valence-electron chi connectivity index (χ0n) is 15.0. The SMILES string of the molecule is CC(C)(N)[C@H](NC(=O)c1ccc(C#CC#CC2C=NNC2)cc1)C(=O)NO. The van der Waals surface area contributed by atoms with Crippen molar-refractivity contribution in [1.82, 2.24) is 16.2 Å². The van der Waals surface area contributed by atoms with Crippen LogP contribution in [-0.4, -0.2) is 41.4 Å². The number of carbonyl (C=O) groups is 2. The Labute approximate surface area is 157 Å². The number of hydrogen-bond donors (Lipinski definition) is 5. The fraction of sp³-hybridized carbons (Fsp3) is 0.316. The van der Waals surface area contributed by atoms with Gasteiger partial charge in [-0.3, -0.25) is 14.8 Å². The first kappa shape index (κ1) is 20.0. The van der Waals surface area contributed by atoms with Gasteiger partial charge in [0.1, 0.15) is 6.04 Å². The molecule has 0 fully saturated rings. The highest BCUT2D eigenvalue weighted by atomic mass is 16.5. The minimum Gasteiger partial charge on any atom is -0.338 e. The molecule has 0 aromatic heterocycles. The van der Waals surface area contributed by atoms with E-state index in [1.807, 2.05) is 0 Å². The predicted molar refractivity (Wildman–Crippen MR) is 101 cm³/mol. The summed E-state index contributed by atoms with van der Waals surface area (Å²) in [5.74, 6) is 10.2. The van der Waals surface area contributed by atoms with Crippen molar-refractivity contribution in [2.75, 3.05) is 6.54 Å². The van der Waals surface area contributed by atoms with Gasteiger partial charge in [-0.1, -0.05) is 11.8 Å². The maximum atomic E-state index is 12.3. The normalized spacial score (nSPS) is 16.1. The second-order valence-corrected chi connectivity index (χ2v) is 6.55. The molecule has 1 aromatic rings. The van der Waals surface area contributed by atoms with Gasteiger partial charge < -0.3 is 16.5 Å².